The molecule has 0 saturated heterocycles. The highest BCUT2D eigenvalue weighted by Gasteiger charge is 2.29. The molecule has 0 amide bonds. The van der Waals surface area contributed by atoms with E-state index < -0.39 is 11.4 Å². The number of hydrogen-bond donors (Lipinski definition) is 1. The van der Waals surface area contributed by atoms with Crippen LogP contribution in [0.2, 0.25) is 0 Å². The Morgan fingerprint density at radius 1 is 0.905 bits per heavy atom. The summed E-state index contributed by atoms with van der Waals surface area (Å²) in [5, 5.41) is 9.21. The molecule has 0 aliphatic heterocycles. The summed E-state index contributed by atoms with van der Waals surface area (Å²) in [4.78, 5) is 11.2. The minimum atomic E-state index is -0.918. The van der Waals surface area contributed by atoms with Crippen LogP contribution in [0, 0.1) is 0 Å². The van der Waals surface area contributed by atoms with Gasteiger partial charge in [-0.15, -0.1) is 0 Å². The highest BCUT2D eigenvalue weighted by atomic mass is 16.5. The van der Waals surface area contributed by atoms with Crippen LogP contribution in [0.4, 0.5) is 0 Å². The molecule has 0 heterocycles. The Bertz CT molecular complexity index is 612. The van der Waals surface area contributed by atoms with E-state index in [1.165, 1.54) is 0 Å². The third kappa shape index (κ3) is 3.34. The highest BCUT2D eigenvalue weighted by Crippen LogP contribution is 2.28. The predicted molar refractivity (Wildman–Crippen MR) is 80.2 cm³/mol. The monoisotopic (exact) mass is 286 g/mol. The second kappa shape index (κ2) is 5.87. The molecular formula is C17H18O4. The van der Waals surface area contributed by atoms with Crippen LogP contribution in [0.3, 0.4) is 0 Å². The van der Waals surface area contributed by atoms with Crippen LogP contribution < -0.4 is 9.47 Å². The average Bonchev–Trinajstić information content (AvgIpc) is 2.48. The minimum Gasteiger partial charge on any atom is -0.497 e. The third-order valence-electron chi connectivity index (χ3n) is 3.41. The lowest BCUT2D eigenvalue weighted by molar-refractivity contribution is -0.142. The van der Waals surface area contributed by atoms with Crippen LogP contribution in [-0.4, -0.2) is 18.2 Å². The van der Waals surface area contributed by atoms with Gasteiger partial charge in [-0.3, -0.25) is 4.79 Å². The van der Waals surface area contributed by atoms with Gasteiger partial charge in [0, 0.05) is 0 Å². The van der Waals surface area contributed by atoms with Gasteiger partial charge in [-0.1, -0.05) is 12.1 Å². The van der Waals surface area contributed by atoms with Crippen molar-refractivity contribution in [1.29, 1.82) is 0 Å². The van der Waals surface area contributed by atoms with Gasteiger partial charge >= 0.3 is 5.97 Å². The van der Waals surface area contributed by atoms with E-state index in [1.807, 2.05) is 24.3 Å². The lowest BCUT2D eigenvalue weighted by Gasteiger charge is -2.19. The van der Waals surface area contributed by atoms with E-state index >= 15 is 0 Å². The molecule has 2 aromatic carbocycles. The van der Waals surface area contributed by atoms with Gasteiger partial charge in [0.15, 0.2) is 0 Å². The first-order valence-corrected chi connectivity index (χ1v) is 6.59. The standard InChI is InChI=1S/C17H18O4/c1-17(2,16(18)19)12-4-6-14(7-5-12)21-15-10-8-13(20-3)9-11-15/h4-11H,1-3H3,(H,18,19). The van der Waals surface area contributed by atoms with E-state index in [0.29, 0.717) is 11.5 Å². The minimum absolute atomic E-state index is 0.658. The zero-order chi connectivity index (χ0) is 15.5. The normalized spacial score (nSPS) is 11.0. The second-order valence-corrected chi connectivity index (χ2v) is 5.23. The zero-order valence-corrected chi connectivity index (χ0v) is 12.3. The summed E-state index contributed by atoms with van der Waals surface area (Å²) in [6.07, 6.45) is 0. The average molecular weight is 286 g/mol. The van der Waals surface area contributed by atoms with Crippen LogP contribution in [0.25, 0.3) is 0 Å². The summed E-state index contributed by atoms with van der Waals surface area (Å²) >= 11 is 0. The number of rotatable bonds is 5. The molecule has 0 atom stereocenters. The Kier molecular flexibility index (Phi) is 4.17. The molecule has 110 valence electrons. The number of carboxylic acid groups (broad SMARTS) is 1. The molecule has 1 N–H and O–H groups in total. The Morgan fingerprint density at radius 3 is 1.76 bits per heavy atom. The van der Waals surface area contributed by atoms with Crippen molar-refractivity contribution < 1.29 is 19.4 Å². The Balaban J connectivity index is 2.13. The first-order chi connectivity index (χ1) is 9.93. The van der Waals surface area contributed by atoms with Gasteiger partial charge in [0.25, 0.3) is 0 Å². The van der Waals surface area contributed by atoms with Gasteiger partial charge in [-0.25, -0.2) is 0 Å². The van der Waals surface area contributed by atoms with Gasteiger partial charge in [-0.05, 0) is 55.8 Å². The van der Waals surface area contributed by atoms with Crippen molar-refractivity contribution in [3.63, 3.8) is 0 Å². The zero-order valence-electron chi connectivity index (χ0n) is 12.3. The maximum Gasteiger partial charge on any atom is 0.313 e. The van der Waals surface area contributed by atoms with Gasteiger partial charge in [0.2, 0.25) is 0 Å². The van der Waals surface area contributed by atoms with Gasteiger partial charge < -0.3 is 14.6 Å². The van der Waals surface area contributed by atoms with Crippen molar-refractivity contribution in [2.75, 3.05) is 7.11 Å². The van der Waals surface area contributed by atoms with Crippen molar-refractivity contribution in [3.05, 3.63) is 54.1 Å². The third-order valence-corrected chi connectivity index (χ3v) is 3.41. The summed E-state index contributed by atoms with van der Waals surface area (Å²) in [5.74, 6) is 1.26. The van der Waals surface area contributed by atoms with Gasteiger partial charge in [0.05, 0.1) is 12.5 Å². The molecule has 0 bridgehead atoms. The Morgan fingerprint density at radius 2 is 1.33 bits per heavy atom. The lowest BCUT2D eigenvalue weighted by Crippen LogP contribution is -2.28. The van der Waals surface area contributed by atoms with Crippen LogP contribution in [0.5, 0.6) is 17.2 Å². The quantitative estimate of drug-likeness (QED) is 0.907. The fraction of sp³-hybridized carbons (Fsp3) is 0.235. The number of hydrogen-bond acceptors (Lipinski definition) is 3. The SMILES string of the molecule is COc1ccc(Oc2ccc(C(C)(C)C(=O)O)cc2)cc1. The smallest absolute Gasteiger partial charge is 0.313 e. The van der Waals surface area contributed by atoms with E-state index in [4.69, 9.17) is 9.47 Å². The molecule has 0 fully saturated rings. The van der Waals surface area contributed by atoms with E-state index in [-0.39, 0.29) is 0 Å². The van der Waals surface area contributed by atoms with E-state index in [2.05, 4.69) is 0 Å². The molecule has 0 aliphatic carbocycles. The van der Waals surface area contributed by atoms with Gasteiger partial charge in [0.1, 0.15) is 17.2 Å². The summed E-state index contributed by atoms with van der Waals surface area (Å²) < 4.78 is 10.8. The van der Waals surface area contributed by atoms with Crippen molar-refractivity contribution in [2.45, 2.75) is 19.3 Å². The maximum absolute atomic E-state index is 11.2. The Hall–Kier alpha value is -2.49. The number of aliphatic carboxylic acids is 1. The number of methoxy groups -OCH3 is 1. The first kappa shape index (κ1) is 14.9. The van der Waals surface area contributed by atoms with E-state index in [9.17, 15) is 9.90 Å². The van der Waals surface area contributed by atoms with Crippen molar-refractivity contribution in [2.24, 2.45) is 0 Å². The molecule has 2 aromatic rings. The largest absolute Gasteiger partial charge is 0.497 e. The molecule has 4 heteroatoms. The van der Waals surface area contributed by atoms with Crippen LogP contribution in [-0.2, 0) is 10.2 Å². The molecule has 0 radical (unpaired) electrons. The Labute approximate surface area is 123 Å². The molecule has 21 heavy (non-hydrogen) atoms. The fourth-order valence-corrected chi connectivity index (χ4v) is 1.84. The fourth-order valence-electron chi connectivity index (χ4n) is 1.84. The van der Waals surface area contributed by atoms with Crippen molar-refractivity contribution in [3.8, 4) is 17.2 Å². The van der Waals surface area contributed by atoms with Crippen LogP contribution in [0.1, 0.15) is 19.4 Å². The number of benzene rings is 2. The van der Waals surface area contributed by atoms with E-state index in [1.54, 1.807) is 45.2 Å². The molecule has 0 unspecified atom stereocenters. The highest BCUT2D eigenvalue weighted by molar-refractivity contribution is 5.80. The topological polar surface area (TPSA) is 55.8 Å². The molecule has 0 spiro atoms. The molecule has 2 rings (SSSR count). The molecule has 0 aromatic heterocycles. The molecule has 0 aliphatic rings. The molecule has 4 nitrogen and oxygen atoms in total. The first-order valence-electron chi connectivity index (χ1n) is 6.59. The second-order valence-electron chi connectivity index (χ2n) is 5.23. The number of carbonyl (C=O) groups is 1. The van der Waals surface area contributed by atoms with E-state index in [0.717, 1.165) is 11.3 Å². The van der Waals surface area contributed by atoms with Gasteiger partial charge in [-0.2, -0.15) is 0 Å². The summed E-state index contributed by atoms with van der Waals surface area (Å²) in [6, 6.07) is 14.3. The van der Waals surface area contributed by atoms with Crippen LogP contribution in [0.15, 0.2) is 48.5 Å². The lowest BCUT2D eigenvalue weighted by atomic mass is 9.85. The summed E-state index contributed by atoms with van der Waals surface area (Å²) in [5.41, 5.74) is -0.185. The summed E-state index contributed by atoms with van der Waals surface area (Å²) in [6.45, 7) is 3.35. The number of carboxylic acids is 1. The predicted octanol–water partition coefficient (Wildman–Crippen LogP) is 3.85. The summed E-state index contributed by atoms with van der Waals surface area (Å²) in [7, 11) is 1.61. The van der Waals surface area contributed by atoms with Crippen LogP contribution >= 0.6 is 0 Å². The molecular weight excluding hydrogens is 268 g/mol. The molecule has 0 saturated carbocycles. The van der Waals surface area contributed by atoms with Crippen molar-refractivity contribution >= 4 is 5.97 Å². The number of ether oxygens (including phenoxy) is 2. The maximum atomic E-state index is 11.2. The van der Waals surface area contributed by atoms with Crippen molar-refractivity contribution in [1.82, 2.24) is 0 Å².